The van der Waals surface area contributed by atoms with Gasteiger partial charge in [0.25, 0.3) is 0 Å². The van der Waals surface area contributed by atoms with Crippen LogP contribution in [0.3, 0.4) is 0 Å². The van der Waals surface area contributed by atoms with Gasteiger partial charge in [0.2, 0.25) is 5.91 Å². The lowest BCUT2D eigenvalue weighted by atomic mass is 9.97. The lowest BCUT2D eigenvalue weighted by Gasteiger charge is -2.46. The highest BCUT2D eigenvalue weighted by atomic mass is 16.7. The number of aliphatic hydroxyl groups excluding tert-OH is 8. The second-order valence-corrected chi connectivity index (χ2v) is 19.3. The minimum atomic E-state index is -1.78. The van der Waals surface area contributed by atoms with Crippen molar-refractivity contribution in [2.24, 2.45) is 0 Å². The van der Waals surface area contributed by atoms with Gasteiger partial charge in [0.1, 0.15) is 48.8 Å². The van der Waals surface area contributed by atoms with Gasteiger partial charge in [0.05, 0.1) is 32.0 Å². The van der Waals surface area contributed by atoms with E-state index in [1.807, 2.05) is 6.92 Å². The van der Waals surface area contributed by atoms with Crippen LogP contribution in [-0.2, 0) is 23.7 Å². The summed E-state index contributed by atoms with van der Waals surface area (Å²) in [6, 6.07) is -0.828. The van der Waals surface area contributed by atoms with Crippen molar-refractivity contribution in [3.8, 4) is 0 Å². The van der Waals surface area contributed by atoms with Crippen LogP contribution in [0.4, 0.5) is 0 Å². The molecule has 2 fully saturated rings. The summed E-state index contributed by atoms with van der Waals surface area (Å²) in [5.74, 6) is -0.224. The highest BCUT2D eigenvalue weighted by Gasteiger charge is 2.51. The van der Waals surface area contributed by atoms with E-state index in [0.717, 1.165) is 96.3 Å². The first-order chi connectivity index (χ1) is 35.1. The monoisotopic (exact) mass is 1020 g/mol. The molecule has 0 aromatic heterocycles. The maximum absolute atomic E-state index is 13.0. The van der Waals surface area contributed by atoms with Gasteiger partial charge in [-0.15, -0.1) is 0 Å². The van der Waals surface area contributed by atoms with E-state index < -0.39 is 86.8 Å². The lowest BCUT2D eigenvalue weighted by Crippen LogP contribution is -2.65. The van der Waals surface area contributed by atoms with Gasteiger partial charge in [-0.25, -0.2) is 0 Å². The van der Waals surface area contributed by atoms with Crippen molar-refractivity contribution in [2.45, 2.75) is 254 Å². The van der Waals surface area contributed by atoms with Gasteiger partial charge in [-0.05, 0) is 70.6 Å². The molecule has 414 valence electrons. The second-order valence-electron chi connectivity index (χ2n) is 19.3. The molecule has 0 spiro atoms. The van der Waals surface area contributed by atoms with Crippen molar-refractivity contribution in [1.82, 2.24) is 5.32 Å². The molecular weight excluding hydrogens is 919 g/mol. The Balaban J connectivity index is 1.52. The normalized spacial score (nSPS) is 26.2. The van der Waals surface area contributed by atoms with E-state index in [-0.39, 0.29) is 12.5 Å². The maximum Gasteiger partial charge on any atom is 0.220 e. The number of rotatable bonds is 42. The zero-order valence-corrected chi connectivity index (χ0v) is 44.1. The molecule has 2 rings (SSSR count). The van der Waals surface area contributed by atoms with E-state index in [4.69, 9.17) is 18.9 Å². The summed E-state index contributed by atoms with van der Waals surface area (Å²) in [5, 5.41) is 86.1. The number of nitrogens with one attached hydrogen (secondary N) is 1. The number of carbonyl (C=O) groups is 1. The zero-order valence-electron chi connectivity index (χ0n) is 44.1. The highest BCUT2D eigenvalue weighted by Crippen LogP contribution is 2.30. The summed E-state index contributed by atoms with van der Waals surface area (Å²) >= 11 is 0. The molecule has 0 aromatic carbocycles. The number of hydrogen-bond acceptors (Lipinski definition) is 13. The van der Waals surface area contributed by atoms with E-state index in [9.17, 15) is 45.6 Å². The summed E-state index contributed by atoms with van der Waals surface area (Å²) in [7, 11) is 0. The van der Waals surface area contributed by atoms with Crippen LogP contribution >= 0.6 is 0 Å². The topological polar surface area (TPSA) is 228 Å². The predicted molar refractivity (Wildman–Crippen MR) is 286 cm³/mol. The Hall–Kier alpha value is -2.83. The molecule has 12 unspecified atom stereocenters. The smallest absolute Gasteiger partial charge is 0.220 e. The fraction of sp³-hybridized carbons (Fsp3) is 0.741. The van der Waals surface area contributed by atoms with Crippen LogP contribution in [0.15, 0.2) is 85.1 Å². The van der Waals surface area contributed by atoms with E-state index in [1.54, 1.807) is 0 Å². The number of amides is 1. The van der Waals surface area contributed by atoms with Crippen LogP contribution in [0.2, 0.25) is 0 Å². The van der Waals surface area contributed by atoms with Crippen molar-refractivity contribution in [3.05, 3.63) is 85.1 Å². The molecule has 0 aliphatic carbocycles. The molecule has 0 radical (unpaired) electrons. The summed E-state index contributed by atoms with van der Waals surface area (Å²) in [4.78, 5) is 13.0. The van der Waals surface area contributed by atoms with Crippen LogP contribution in [0, 0.1) is 0 Å². The summed E-state index contributed by atoms with van der Waals surface area (Å²) in [6.07, 6.45) is 41.5. The molecule has 2 aliphatic heterocycles. The van der Waals surface area contributed by atoms with Crippen LogP contribution in [0.5, 0.6) is 0 Å². The van der Waals surface area contributed by atoms with E-state index in [2.05, 4.69) is 97.3 Å². The second kappa shape index (κ2) is 43.4. The molecule has 1 amide bonds. The van der Waals surface area contributed by atoms with Gasteiger partial charge < -0.3 is 65.1 Å². The first kappa shape index (κ1) is 65.3. The predicted octanol–water partition coefficient (Wildman–Crippen LogP) is 8.55. The maximum atomic E-state index is 13.0. The van der Waals surface area contributed by atoms with Crippen LogP contribution in [-0.4, -0.2) is 140 Å². The average molecular weight is 1020 g/mol. The Labute approximate surface area is 433 Å². The Morgan fingerprint density at radius 1 is 0.514 bits per heavy atom. The molecule has 0 bridgehead atoms. The fourth-order valence-corrected chi connectivity index (χ4v) is 8.63. The van der Waals surface area contributed by atoms with Gasteiger partial charge in [-0.1, -0.05) is 189 Å². The standard InChI is InChI=1S/C58H99NO13/c1-3-5-7-8-9-10-11-12-13-14-15-16-17-18-19-20-21-22-23-24-25-26-27-28-29-30-31-32-33-34-35-36-37-38-40-42-50(63)59-46(47(62)41-39-6-4-2)45-69-57-55(68)53(66)56(49(44-61)71-57)72-58-54(67)52(65)51(64)48(43-60)70-58/h5,7,9-10,12-13,15-16,18-19,21-22,24-25,46-49,51-58,60-62,64-68H,3-4,6,8,11,14,17,20,23,26-45H2,1-2H3,(H,59,63)/b7-5-,10-9-,13-12-,16-15-,19-18-,22-21-,25-24-. The third-order valence-corrected chi connectivity index (χ3v) is 13.1. The van der Waals surface area contributed by atoms with Crippen LogP contribution in [0.25, 0.3) is 0 Å². The van der Waals surface area contributed by atoms with Crippen molar-refractivity contribution in [2.75, 3.05) is 19.8 Å². The molecule has 12 atom stereocenters. The number of unbranched alkanes of at least 4 members (excludes halogenated alkanes) is 15. The van der Waals surface area contributed by atoms with Crippen molar-refractivity contribution >= 4 is 5.91 Å². The number of aliphatic hydroxyl groups is 8. The third kappa shape index (κ3) is 29.3. The number of allylic oxidation sites excluding steroid dienone is 14. The average Bonchev–Trinajstić information content (AvgIpc) is 3.38. The Morgan fingerprint density at radius 3 is 1.44 bits per heavy atom. The van der Waals surface area contributed by atoms with Crippen LogP contribution < -0.4 is 5.32 Å². The van der Waals surface area contributed by atoms with Gasteiger partial charge in [0.15, 0.2) is 12.6 Å². The Morgan fingerprint density at radius 2 is 0.958 bits per heavy atom. The Bertz CT molecular complexity index is 1530. The van der Waals surface area contributed by atoms with Crippen LogP contribution in [0.1, 0.15) is 181 Å². The van der Waals surface area contributed by atoms with Gasteiger partial charge in [0, 0.05) is 6.42 Å². The number of hydrogen-bond donors (Lipinski definition) is 9. The molecule has 14 heteroatoms. The van der Waals surface area contributed by atoms with Gasteiger partial charge in [-0.3, -0.25) is 4.79 Å². The number of carbonyl (C=O) groups excluding carboxylic acids is 1. The summed E-state index contributed by atoms with van der Waals surface area (Å²) < 4.78 is 22.5. The third-order valence-electron chi connectivity index (χ3n) is 13.1. The van der Waals surface area contributed by atoms with Gasteiger partial charge >= 0.3 is 0 Å². The molecule has 72 heavy (non-hydrogen) atoms. The number of ether oxygens (including phenoxy) is 4. The zero-order chi connectivity index (χ0) is 52.4. The first-order valence-corrected chi connectivity index (χ1v) is 27.8. The molecule has 2 heterocycles. The molecule has 14 nitrogen and oxygen atoms in total. The highest BCUT2D eigenvalue weighted by molar-refractivity contribution is 5.76. The fourth-order valence-electron chi connectivity index (χ4n) is 8.63. The van der Waals surface area contributed by atoms with E-state index >= 15 is 0 Å². The molecule has 0 aromatic rings. The summed E-state index contributed by atoms with van der Waals surface area (Å²) in [5.41, 5.74) is 0. The quantitative estimate of drug-likeness (QED) is 0.0207. The summed E-state index contributed by atoms with van der Waals surface area (Å²) in [6.45, 7) is 2.54. The SMILES string of the molecule is CC/C=C\C/C=C\C/C=C\C/C=C\C/C=C\C/C=C\C/C=C\CCCCCCCCCCCCCCCC(=O)NC(COC1OC(CO)C(OC2OC(CO)C(O)C(O)C2O)C(O)C1O)C(O)CCCCC. The largest absolute Gasteiger partial charge is 0.394 e. The van der Waals surface area contributed by atoms with E-state index in [0.29, 0.717) is 12.8 Å². The molecule has 2 saturated heterocycles. The minimum absolute atomic E-state index is 0.224. The lowest BCUT2D eigenvalue weighted by molar-refractivity contribution is -0.359. The Kier molecular flexibility index (Phi) is 39.4. The molecule has 9 N–H and O–H groups in total. The van der Waals surface area contributed by atoms with Crippen molar-refractivity contribution < 1.29 is 64.6 Å². The first-order valence-electron chi connectivity index (χ1n) is 27.8. The van der Waals surface area contributed by atoms with E-state index in [1.165, 1.54) is 57.8 Å². The molecule has 0 saturated carbocycles. The van der Waals surface area contributed by atoms with Crippen molar-refractivity contribution in [3.63, 3.8) is 0 Å². The van der Waals surface area contributed by atoms with Crippen molar-refractivity contribution in [1.29, 1.82) is 0 Å². The minimum Gasteiger partial charge on any atom is -0.394 e. The van der Waals surface area contributed by atoms with Gasteiger partial charge in [-0.2, -0.15) is 0 Å². The molecule has 2 aliphatic rings. The molecular formula is C58H99NO13.